The Labute approximate surface area is 170 Å². The highest BCUT2D eigenvalue weighted by molar-refractivity contribution is 5.79. The average Bonchev–Trinajstić information content (AvgIpc) is 2.72. The summed E-state index contributed by atoms with van der Waals surface area (Å²) in [6.07, 6.45) is -0.0785. The Hall–Kier alpha value is -2.77. The Bertz CT molecular complexity index is 814. The minimum absolute atomic E-state index is 0.0603. The molecule has 2 amide bonds. The number of ether oxygens (including phenoxy) is 1. The van der Waals surface area contributed by atoms with Crippen LogP contribution in [0, 0.1) is 5.82 Å². The van der Waals surface area contributed by atoms with E-state index in [0.717, 1.165) is 11.1 Å². The third kappa shape index (κ3) is 6.37. The van der Waals surface area contributed by atoms with Crippen molar-refractivity contribution in [3.8, 4) is 0 Å². The standard InChI is InChI=1S/C22H26FN3O3/c23-19-8-6-18(7-9-19)20-15-25(12-13-29-20)16-22(28)26(11-10-21(24)27)14-17-4-2-1-3-5-17/h1-9,20H,10-16H2,(H2,24,27)/t20-/m1/s1. The Kier molecular flexibility index (Phi) is 7.32. The molecule has 0 bridgehead atoms. The summed E-state index contributed by atoms with van der Waals surface area (Å²) in [7, 11) is 0. The van der Waals surface area contributed by atoms with Crippen LogP contribution in [0.25, 0.3) is 0 Å². The lowest BCUT2D eigenvalue weighted by Crippen LogP contribution is -2.46. The molecule has 0 radical (unpaired) electrons. The first-order valence-electron chi connectivity index (χ1n) is 9.70. The second-order valence-corrected chi connectivity index (χ2v) is 7.16. The maximum absolute atomic E-state index is 13.2. The van der Waals surface area contributed by atoms with Gasteiger partial charge in [0.1, 0.15) is 5.82 Å². The number of nitrogens with two attached hydrogens (primary N) is 1. The molecule has 0 spiro atoms. The summed E-state index contributed by atoms with van der Waals surface area (Å²) in [5, 5.41) is 0. The summed E-state index contributed by atoms with van der Waals surface area (Å²) in [4.78, 5) is 27.9. The maximum Gasteiger partial charge on any atom is 0.237 e. The zero-order valence-electron chi connectivity index (χ0n) is 16.3. The zero-order chi connectivity index (χ0) is 20.6. The largest absolute Gasteiger partial charge is 0.371 e. The van der Waals surface area contributed by atoms with Crippen molar-refractivity contribution in [3.05, 3.63) is 71.5 Å². The van der Waals surface area contributed by atoms with Crippen molar-refractivity contribution in [2.24, 2.45) is 5.73 Å². The van der Waals surface area contributed by atoms with Crippen LogP contribution in [0.5, 0.6) is 0 Å². The second-order valence-electron chi connectivity index (χ2n) is 7.16. The minimum atomic E-state index is -0.432. The van der Waals surface area contributed by atoms with Crippen LogP contribution in [0.15, 0.2) is 54.6 Å². The van der Waals surface area contributed by atoms with E-state index in [0.29, 0.717) is 26.2 Å². The van der Waals surface area contributed by atoms with Crippen LogP contribution in [0.2, 0.25) is 0 Å². The average molecular weight is 399 g/mol. The Morgan fingerprint density at radius 2 is 1.86 bits per heavy atom. The molecule has 154 valence electrons. The van der Waals surface area contributed by atoms with Crippen molar-refractivity contribution in [1.82, 2.24) is 9.80 Å². The van der Waals surface area contributed by atoms with Crippen LogP contribution in [-0.2, 0) is 20.9 Å². The van der Waals surface area contributed by atoms with Gasteiger partial charge in [-0.3, -0.25) is 14.5 Å². The summed E-state index contributed by atoms with van der Waals surface area (Å²) in [6, 6.07) is 15.9. The van der Waals surface area contributed by atoms with Gasteiger partial charge in [0.2, 0.25) is 11.8 Å². The first-order chi connectivity index (χ1) is 14.0. The highest BCUT2D eigenvalue weighted by Crippen LogP contribution is 2.22. The molecule has 1 aliphatic rings. The van der Waals surface area contributed by atoms with E-state index in [1.54, 1.807) is 17.0 Å². The topological polar surface area (TPSA) is 75.9 Å². The number of rotatable bonds is 8. The third-order valence-corrected chi connectivity index (χ3v) is 4.95. The van der Waals surface area contributed by atoms with Gasteiger partial charge < -0.3 is 15.4 Å². The molecule has 7 heteroatoms. The number of hydrogen-bond acceptors (Lipinski definition) is 4. The molecular weight excluding hydrogens is 373 g/mol. The predicted molar refractivity (Wildman–Crippen MR) is 107 cm³/mol. The fourth-order valence-corrected chi connectivity index (χ4v) is 3.36. The molecule has 29 heavy (non-hydrogen) atoms. The Morgan fingerprint density at radius 1 is 1.14 bits per heavy atom. The highest BCUT2D eigenvalue weighted by Gasteiger charge is 2.25. The van der Waals surface area contributed by atoms with Crippen molar-refractivity contribution < 1.29 is 18.7 Å². The minimum Gasteiger partial charge on any atom is -0.371 e. The van der Waals surface area contributed by atoms with Crippen LogP contribution in [0.4, 0.5) is 4.39 Å². The summed E-state index contributed by atoms with van der Waals surface area (Å²) in [6.45, 7) is 2.63. The number of morpholine rings is 1. The molecule has 0 aliphatic carbocycles. The fraction of sp³-hybridized carbons (Fsp3) is 0.364. The van der Waals surface area contributed by atoms with E-state index in [-0.39, 0.29) is 37.3 Å². The van der Waals surface area contributed by atoms with E-state index >= 15 is 0 Å². The Balaban J connectivity index is 1.62. The first kappa shape index (κ1) is 21.0. The molecule has 0 unspecified atom stereocenters. The van der Waals surface area contributed by atoms with Gasteiger partial charge >= 0.3 is 0 Å². The molecule has 2 aromatic carbocycles. The first-order valence-corrected chi connectivity index (χ1v) is 9.70. The molecule has 0 saturated carbocycles. The number of primary amides is 1. The highest BCUT2D eigenvalue weighted by atomic mass is 19.1. The lowest BCUT2D eigenvalue weighted by atomic mass is 10.1. The number of benzene rings is 2. The van der Waals surface area contributed by atoms with Gasteiger partial charge in [0.15, 0.2) is 0 Å². The molecule has 1 atom stereocenters. The molecule has 6 nitrogen and oxygen atoms in total. The zero-order valence-corrected chi connectivity index (χ0v) is 16.3. The summed E-state index contributed by atoms with van der Waals surface area (Å²) in [5.74, 6) is -0.781. The lowest BCUT2D eigenvalue weighted by Gasteiger charge is -2.34. The number of hydrogen-bond donors (Lipinski definition) is 1. The normalized spacial score (nSPS) is 17.1. The summed E-state index contributed by atoms with van der Waals surface area (Å²) in [5.41, 5.74) is 7.17. The number of carbonyl (C=O) groups excluding carboxylic acids is 2. The van der Waals surface area contributed by atoms with E-state index in [1.165, 1.54) is 12.1 Å². The fourth-order valence-electron chi connectivity index (χ4n) is 3.36. The molecule has 1 saturated heterocycles. The smallest absolute Gasteiger partial charge is 0.237 e. The van der Waals surface area contributed by atoms with Gasteiger partial charge in [-0.2, -0.15) is 0 Å². The molecule has 0 aromatic heterocycles. The van der Waals surface area contributed by atoms with Crippen LogP contribution in [0.1, 0.15) is 23.7 Å². The maximum atomic E-state index is 13.2. The summed E-state index contributed by atoms with van der Waals surface area (Å²) >= 11 is 0. The molecule has 2 N–H and O–H groups in total. The van der Waals surface area contributed by atoms with Crippen molar-refractivity contribution in [3.63, 3.8) is 0 Å². The van der Waals surface area contributed by atoms with Crippen LogP contribution < -0.4 is 5.73 Å². The SMILES string of the molecule is NC(=O)CCN(Cc1ccccc1)C(=O)CN1CCO[C@@H](c2ccc(F)cc2)C1. The van der Waals surface area contributed by atoms with Gasteiger partial charge in [-0.05, 0) is 23.3 Å². The van der Waals surface area contributed by atoms with Crippen molar-refractivity contribution in [1.29, 1.82) is 0 Å². The number of halogens is 1. The molecule has 3 rings (SSSR count). The van der Waals surface area contributed by atoms with Gasteiger partial charge in [0.25, 0.3) is 0 Å². The molecule has 1 aliphatic heterocycles. The van der Waals surface area contributed by atoms with Crippen molar-refractivity contribution >= 4 is 11.8 Å². The predicted octanol–water partition coefficient (Wildman–Crippen LogP) is 2.10. The van der Waals surface area contributed by atoms with Gasteiger partial charge in [0.05, 0.1) is 19.3 Å². The van der Waals surface area contributed by atoms with E-state index in [2.05, 4.69) is 0 Å². The van der Waals surface area contributed by atoms with Crippen molar-refractivity contribution in [2.75, 3.05) is 32.8 Å². The second kappa shape index (κ2) is 10.1. The molecule has 2 aromatic rings. The van der Waals surface area contributed by atoms with Gasteiger partial charge in [-0.1, -0.05) is 42.5 Å². The van der Waals surface area contributed by atoms with Gasteiger partial charge in [-0.15, -0.1) is 0 Å². The number of amides is 2. The quantitative estimate of drug-likeness (QED) is 0.738. The third-order valence-electron chi connectivity index (χ3n) is 4.95. The van der Waals surface area contributed by atoms with E-state index < -0.39 is 5.91 Å². The molecular formula is C22H26FN3O3. The molecule has 1 fully saturated rings. The molecule has 1 heterocycles. The Morgan fingerprint density at radius 3 is 2.55 bits per heavy atom. The van der Waals surface area contributed by atoms with Crippen molar-refractivity contribution in [2.45, 2.75) is 19.1 Å². The lowest BCUT2D eigenvalue weighted by molar-refractivity contribution is -0.135. The van der Waals surface area contributed by atoms with E-state index in [9.17, 15) is 14.0 Å². The van der Waals surface area contributed by atoms with Gasteiger partial charge in [-0.25, -0.2) is 4.39 Å². The van der Waals surface area contributed by atoms with Gasteiger partial charge in [0, 0.05) is 32.6 Å². The van der Waals surface area contributed by atoms with Crippen LogP contribution in [0.3, 0.4) is 0 Å². The summed E-state index contributed by atoms with van der Waals surface area (Å²) < 4.78 is 19.0. The van der Waals surface area contributed by atoms with Crippen LogP contribution >= 0.6 is 0 Å². The van der Waals surface area contributed by atoms with E-state index in [1.807, 2.05) is 35.2 Å². The number of nitrogens with zero attached hydrogens (tertiary/aromatic N) is 2. The van der Waals surface area contributed by atoms with Crippen LogP contribution in [-0.4, -0.2) is 54.4 Å². The number of carbonyl (C=O) groups is 2. The monoisotopic (exact) mass is 399 g/mol. The van der Waals surface area contributed by atoms with E-state index in [4.69, 9.17) is 10.5 Å².